The number of alkyl halides is 2. The van der Waals surface area contributed by atoms with Crippen LogP contribution in [0, 0.1) is 0 Å². The number of ether oxygens (including phenoxy) is 2. The van der Waals surface area contributed by atoms with Crippen LogP contribution >= 0.6 is 0 Å². The number of carbonyl (C=O) groups is 2. The molecule has 0 N–H and O–H groups in total. The Labute approximate surface area is 197 Å². The van der Waals surface area contributed by atoms with Crippen molar-refractivity contribution in [1.82, 2.24) is 19.6 Å². The van der Waals surface area contributed by atoms with Crippen LogP contribution in [0.2, 0.25) is 0 Å². The minimum Gasteiger partial charge on any atom is -0.444 e. The van der Waals surface area contributed by atoms with Gasteiger partial charge < -0.3 is 19.3 Å². The van der Waals surface area contributed by atoms with Gasteiger partial charge in [0.15, 0.2) is 0 Å². The molecule has 10 heteroatoms. The summed E-state index contributed by atoms with van der Waals surface area (Å²) in [6, 6.07) is 5.93. The van der Waals surface area contributed by atoms with Crippen LogP contribution in [-0.4, -0.2) is 56.4 Å². The molecule has 0 saturated heterocycles. The molecule has 2 aliphatic rings. The average molecular weight is 477 g/mol. The van der Waals surface area contributed by atoms with Crippen molar-refractivity contribution in [2.75, 3.05) is 6.54 Å². The number of hydrogen-bond donors (Lipinski definition) is 0. The number of nitrogens with zero attached hydrogens (tertiary/aromatic N) is 4. The zero-order valence-electron chi connectivity index (χ0n) is 20.0. The fraction of sp³-hybridized carbons (Fsp3) is 0.542. The molecule has 0 spiro atoms. The number of halogens is 2. The summed E-state index contributed by atoms with van der Waals surface area (Å²) in [5, 5.41) is 4.67. The Kier molecular flexibility index (Phi) is 6.26. The maximum Gasteiger partial charge on any atom is 0.410 e. The maximum atomic E-state index is 13.6. The number of benzene rings is 1. The van der Waals surface area contributed by atoms with E-state index in [1.807, 2.05) is 34.6 Å². The lowest BCUT2D eigenvalue weighted by atomic mass is 9.98. The fourth-order valence-electron chi connectivity index (χ4n) is 4.48. The molecule has 2 aliphatic heterocycles. The van der Waals surface area contributed by atoms with E-state index in [-0.39, 0.29) is 30.3 Å². The Morgan fingerprint density at radius 3 is 2.47 bits per heavy atom. The third kappa shape index (κ3) is 4.71. The Balaban J connectivity index is 1.56. The van der Waals surface area contributed by atoms with Gasteiger partial charge in [-0.3, -0.25) is 9.48 Å². The Hall–Kier alpha value is -3.17. The highest BCUT2D eigenvalue weighted by Gasteiger charge is 2.39. The van der Waals surface area contributed by atoms with E-state index in [1.54, 1.807) is 26.6 Å². The lowest BCUT2D eigenvalue weighted by molar-refractivity contribution is -0.0498. The number of hydrogen-bond acceptors (Lipinski definition) is 5. The van der Waals surface area contributed by atoms with Gasteiger partial charge in [-0.2, -0.15) is 13.9 Å². The van der Waals surface area contributed by atoms with Crippen molar-refractivity contribution in [3.8, 4) is 5.75 Å². The van der Waals surface area contributed by atoms with Gasteiger partial charge >= 0.3 is 12.7 Å². The SMILES string of the molecule is CC(c1ccc(OC(F)F)cc1)N1CCn2nc3c(c2C1=O)CN(C(=O)OC(C)(C)C)[C@H](C)C3. The lowest BCUT2D eigenvalue weighted by Crippen LogP contribution is -2.46. The van der Waals surface area contributed by atoms with E-state index in [4.69, 9.17) is 4.74 Å². The summed E-state index contributed by atoms with van der Waals surface area (Å²) in [4.78, 5) is 29.7. The van der Waals surface area contributed by atoms with Crippen molar-refractivity contribution >= 4 is 12.0 Å². The number of aromatic nitrogens is 2. The van der Waals surface area contributed by atoms with E-state index >= 15 is 0 Å². The molecule has 8 nitrogen and oxygen atoms in total. The molecule has 4 rings (SSSR count). The van der Waals surface area contributed by atoms with Crippen molar-refractivity contribution in [2.45, 2.75) is 78.4 Å². The summed E-state index contributed by atoms with van der Waals surface area (Å²) in [6.07, 6.45) is 0.133. The summed E-state index contributed by atoms with van der Waals surface area (Å²) in [5.41, 5.74) is 2.27. The van der Waals surface area contributed by atoms with Crippen LogP contribution in [0.3, 0.4) is 0 Å². The van der Waals surface area contributed by atoms with Gasteiger partial charge in [0.1, 0.15) is 17.0 Å². The molecule has 1 unspecified atom stereocenters. The Morgan fingerprint density at radius 1 is 1.18 bits per heavy atom. The Bertz CT molecular complexity index is 1080. The molecule has 2 aromatic rings. The summed E-state index contributed by atoms with van der Waals surface area (Å²) in [5.74, 6) is -0.0986. The molecule has 0 saturated carbocycles. The molecule has 184 valence electrons. The van der Waals surface area contributed by atoms with Crippen LogP contribution in [0.5, 0.6) is 5.75 Å². The first-order valence-corrected chi connectivity index (χ1v) is 11.4. The number of rotatable bonds is 4. The van der Waals surface area contributed by atoms with Crippen LogP contribution in [0.4, 0.5) is 13.6 Å². The molecule has 2 amide bonds. The normalized spacial score (nSPS) is 19.1. The lowest BCUT2D eigenvalue weighted by Gasteiger charge is -2.36. The fourth-order valence-corrected chi connectivity index (χ4v) is 4.48. The summed E-state index contributed by atoms with van der Waals surface area (Å²) < 4.78 is 36.6. The first-order chi connectivity index (χ1) is 15.9. The second-order valence-electron chi connectivity index (χ2n) is 9.78. The van der Waals surface area contributed by atoms with Crippen molar-refractivity contribution in [3.05, 3.63) is 46.8 Å². The predicted octanol–water partition coefficient (Wildman–Crippen LogP) is 4.38. The molecule has 0 bridgehead atoms. The third-order valence-electron chi connectivity index (χ3n) is 6.18. The largest absolute Gasteiger partial charge is 0.444 e. The zero-order valence-corrected chi connectivity index (χ0v) is 20.0. The highest BCUT2D eigenvalue weighted by molar-refractivity contribution is 5.95. The number of amides is 2. The minimum absolute atomic E-state index is 0.0689. The van der Waals surface area contributed by atoms with Gasteiger partial charge in [0.25, 0.3) is 5.91 Å². The number of fused-ring (bicyclic) bond motifs is 3. The predicted molar refractivity (Wildman–Crippen MR) is 120 cm³/mol. The summed E-state index contributed by atoms with van der Waals surface area (Å²) >= 11 is 0. The van der Waals surface area contributed by atoms with Gasteiger partial charge in [0.2, 0.25) is 0 Å². The first-order valence-electron chi connectivity index (χ1n) is 11.4. The molecule has 1 aromatic heterocycles. The van der Waals surface area contributed by atoms with Gasteiger partial charge in [-0.15, -0.1) is 0 Å². The summed E-state index contributed by atoms with van der Waals surface area (Å²) in [7, 11) is 0. The van der Waals surface area contributed by atoms with E-state index in [1.165, 1.54) is 12.1 Å². The molecule has 34 heavy (non-hydrogen) atoms. The zero-order chi connectivity index (χ0) is 24.8. The average Bonchev–Trinajstić information content (AvgIpc) is 3.09. The van der Waals surface area contributed by atoms with Crippen molar-refractivity contribution in [1.29, 1.82) is 0 Å². The number of carbonyl (C=O) groups excluding carboxylic acids is 2. The van der Waals surface area contributed by atoms with E-state index in [0.29, 0.717) is 25.2 Å². The highest BCUT2D eigenvalue weighted by atomic mass is 19.3. The minimum atomic E-state index is -2.89. The van der Waals surface area contributed by atoms with Crippen molar-refractivity contribution in [2.24, 2.45) is 0 Å². The van der Waals surface area contributed by atoms with E-state index < -0.39 is 18.3 Å². The molecule has 0 radical (unpaired) electrons. The molecule has 0 fully saturated rings. The highest BCUT2D eigenvalue weighted by Crippen LogP contribution is 2.32. The second-order valence-corrected chi connectivity index (χ2v) is 9.78. The monoisotopic (exact) mass is 476 g/mol. The molecule has 3 heterocycles. The molecular formula is C24H30F2N4O4. The van der Waals surface area contributed by atoms with Gasteiger partial charge in [-0.25, -0.2) is 4.79 Å². The smallest absolute Gasteiger partial charge is 0.410 e. The van der Waals surface area contributed by atoms with E-state index in [2.05, 4.69) is 9.84 Å². The molecule has 0 aliphatic carbocycles. The molecular weight excluding hydrogens is 446 g/mol. The van der Waals surface area contributed by atoms with Crippen molar-refractivity contribution in [3.63, 3.8) is 0 Å². The van der Waals surface area contributed by atoms with Gasteiger partial charge in [-0.1, -0.05) is 12.1 Å². The first kappa shape index (κ1) is 24.0. The maximum absolute atomic E-state index is 13.6. The van der Waals surface area contributed by atoms with Gasteiger partial charge in [0.05, 0.1) is 24.8 Å². The molecule has 1 aromatic carbocycles. The van der Waals surface area contributed by atoms with Crippen LogP contribution in [-0.2, 0) is 24.2 Å². The topological polar surface area (TPSA) is 76.9 Å². The van der Waals surface area contributed by atoms with Crippen LogP contribution in [0.15, 0.2) is 24.3 Å². The van der Waals surface area contributed by atoms with Crippen LogP contribution in [0.1, 0.15) is 68.0 Å². The van der Waals surface area contributed by atoms with E-state index in [9.17, 15) is 18.4 Å². The second kappa shape index (κ2) is 8.88. The van der Waals surface area contributed by atoms with E-state index in [0.717, 1.165) is 16.8 Å². The van der Waals surface area contributed by atoms with Crippen LogP contribution < -0.4 is 4.74 Å². The van der Waals surface area contributed by atoms with Gasteiger partial charge in [-0.05, 0) is 52.3 Å². The third-order valence-corrected chi connectivity index (χ3v) is 6.18. The Morgan fingerprint density at radius 2 is 1.85 bits per heavy atom. The van der Waals surface area contributed by atoms with Crippen LogP contribution in [0.25, 0.3) is 0 Å². The van der Waals surface area contributed by atoms with Crippen molar-refractivity contribution < 1.29 is 27.8 Å². The quantitative estimate of drug-likeness (QED) is 0.655. The van der Waals surface area contributed by atoms with Gasteiger partial charge in [0, 0.05) is 24.6 Å². The molecule has 2 atom stereocenters. The standard InChI is InChI=1S/C24H30F2N4O4/c1-14-12-19-18(13-29(14)23(32)34-24(3,4)5)20-21(31)28(10-11-30(20)27-19)15(2)16-6-8-17(9-7-16)33-22(25)26/h6-9,14-15,22H,10-13H2,1-5H3/t14-,15?/m1/s1. The summed E-state index contributed by atoms with van der Waals surface area (Å²) in [6.45, 7) is 7.68.